The van der Waals surface area contributed by atoms with Crippen molar-refractivity contribution in [2.24, 2.45) is 0 Å². The van der Waals surface area contributed by atoms with Gasteiger partial charge in [0.2, 0.25) is 5.91 Å². The number of anilines is 2. The van der Waals surface area contributed by atoms with Gasteiger partial charge in [0, 0.05) is 58.8 Å². The van der Waals surface area contributed by atoms with Crippen LogP contribution in [0, 0.1) is 0 Å². The van der Waals surface area contributed by atoms with Crippen LogP contribution < -0.4 is 20.3 Å². The molecule has 0 bridgehead atoms. The molecule has 184 valence electrons. The number of aromatic nitrogens is 2. The lowest BCUT2D eigenvalue weighted by Crippen LogP contribution is -2.53. The largest absolute Gasteiger partial charge is 0.494 e. The highest BCUT2D eigenvalue weighted by Crippen LogP contribution is 2.25. The molecular weight excluding hydrogens is 432 g/mol. The number of piperidine rings is 1. The number of hydrogen-bond acceptors (Lipinski definition) is 8. The Hall–Kier alpha value is -2.91. The van der Waals surface area contributed by atoms with Gasteiger partial charge >= 0.3 is 0 Å². The van der Waals surface area contributed by atoms with Gasteiger partial charge in [0.05, 0.1) is 12.2 Å². The third-order valence-electron chi connectivity index (χ3n) is 6.51. The highest BCUT2D eigenvalue weighted by molar-refractivity contribution is 5.77. The number of benzene rings is 1. The van der Waals surface area contributed by atoms with E-state index in [1.165, 1.54) is 0 Å². The van der Waals surface area contributed by atoms with Crippen molar-refractivity contribution in [2.75, 3.05) is 56.6 Å². The second-order valence-electron chi connectivity index (χ2n) is 9.19. The number of likely N-dealkylation sites (tertiary alicyclic amines) is 1. The third-order valence-corrected chi connectivity index (χ3v) is 6.51. The molecule has 1 aromatic carbocycles. The molecule has 2 aliphatic heterocycles. The van der Waals surface area contributed by atoms with Gasteiger partial charge < -0.3 is 30.3 Å². The van der Waals surface area contributed by atoms with Crippen molar-refractivity contribution in [3.63, 3.8) is 0 Å². The highest BCUT2D eigenvalue weighted by atomic mass is 16.5. The summed E-state index contributed by atoms with van der Waals surface area (Å²) in [6, 6.07) is 9.95. The maximum Gasteiger partial charge on any atom is 0.222 e. The van der Waals surface area contributed by atoms with Crippen LogP contribution in [-0.2, 0) is 11.3 Å². The fraction of sp³-hybridized carbons (Fsp3) is 0.560. The van der Waals surface area contributed by atoms with Crippen LogP contribution in [0.2, 0.25) is 0 Å². The summed E-state index contributed by atoms with van der Waals surface area (Å²) in [7, 11) is 1.83. The smallest absolute Gasteiger partial charge is 0.222 e. The molecule has 34 heavy (non-hydrogen) atoms. The van der Waals surface area contributed by atoms with E-state index in [0.29, 0.717) is 32.7 Å². The maximum absolute atomic E-state index is 11.6. The zero-order chi connectivity index (χ0) is 23.8. The number of nitrogens with one attached hydrogen (secondary N) is 2. The average Bonchev–Trinajstić information content (AvgIpc) is 3.27. The number of carbonyl (C=O) groups excluding carboxylic acids is 1. The molecule has 0 saturated carbocycles. The summed E-state index contributed by atoms with van der Waals surface area (Å²) >= 11 is 0. The molecule has 2 saturated heterocycles. The minimum absolute atomic E-state index is 0.263. The Bertz CT molecular complexity index is 941. The van der Waals surface area contributed by atoms with Gasteiger partial charge in [-0.25, -0.2) is 9.97 Å². The second kappa shape index (κ2) is 11.5. The SMILES string of the molecule is CNc1cc(N2CCC[C@](O)(CNCc3ccc(OCCCN4CCCC4=O)cc3)C2)ncn1. The lowest BCUT2D eigenvalue weighted by atomic mass is 9.92. The van der Waals surface area contributed by atoms with Crippen molar-refractivity contribution in [1.82, 2.24) is 20.2 Å². The molecule has 3 heterocycles. The maximum atomic E-state index is 11.6. The van der Waals surface area contributed by atoms with Crippen LogP contribution in [0.4, 0.5) is 11.6 Å². The van der Waals surface area contributed by atoms with Gasteiger partial charge in [0.1, 0.15) is 23.7 Å². The first-order chi connectivity index (χ1) is 16.5. The topological polar surface area (TPSA) is 103 Å². The first-order valence-corrected chi connectivity index (χ1v) is 12.2. The molecule has 9 heteroatoms. The molecule has 1 aromatic heterocycles. The Balaban J connectivity index is 1.18. The van der Waals surface area contributed by atoms with Crippen molar-refractivity contribution in [2.45, 2.75) is 44.2 Å². The first-order valence-electron chi connectivity index (χ1n) is 12.2. The van der Waals surface area contributed by atoms with Gasteiger partial charge in [-0.2, -0.15) is 0 Å². The molecule has 0 unspecified atom stereocenters. The molecule has 1 atom stereocenters. The summed E-state index contributed by atoms with van der Waals surface area (Å²) < 4.78 is 5.82. The van der Waals surface area contributed by atoms with Crippen LogP contribution in [0.3, 0.4) is 0 Å². The number of nitrogens with zero attached hydrogens (tertiary/aromatic N) is 4. The van der Waals surface area contributed by atoms with E-state index in [0.717, 1.165) is 68.3 Å². The number of hydrogen-bond donors (Lipinski definition) is 3. The van der Waals surface area contributed by atoms with Crippen LogP contribution in [0.15, 0.2) is 36.7 Å². The molecule has 0 aliphatic carbocycles. The van der Waals surface area contributed by atoms with E-state index in [1.807, 2.05) is 42.3 Å². The molecule has 0 radical (unpaired) electrons. The summed E-state index contributed by atoms with van der Waals surface area (Å²) in [6.07, 6.45) is 5.73. The van der Waals surface area contributed by atoms with E-state index in [9.17, 15) is 9.90 Å². The van der Waals surface area contributed by atoms with E-state index < -0.39 is 5.60 Å². The van der Waals surface area contributed by atoms with Crippen LogP contribution in [0.1, 0.15) is 37.7 Å². The van der Waals surface area contributed by atoms with Gasteiger partial charge in [-0.05, 0) is 43.4 Å². The number of β-amino-alcohol motifs (C(OH)–C–C–N with tert-alkyl or cyclic N) is 1. The standard InChI is InChI=1S/C25H36N6O3/c1-26-22-15-23(29-19-28-22)31-12-3-10-25(33,18-31)17-27-16-20-6-8-21(9-7-20)34-14-4-13-30-11-2-5-24(30)32/h6-9,15,19,27,33H,2-5,10-14,16-18H2,1H3,(H,26,28,29)/t25-/m0/s1. The lowest BCUT2D eigenvalue weighted by Gasteiger charge is -2.40. The van der Waals surface area contributed by atoms with Crippen molar-refractivity contribution >= 4 is 17.5 Å². The Morgan fingerprint density at radius 2 is 2.03 bits per heavy atom. The minimum Gasteiger partial charge on any atom is -0.494 e. The van der Waals surface area contributed by atoms with Crippen LogP contribution >= 0.6 is 0 Å². The van der Waals surface area contributed by atoms with E-state index in [2.05, 4.69) is 25.5 Å². The second-order valence-corrected chi connectivity index (χ2v) is 9.19. The van der Waals surface area contributed by atoms with Gasteiger partial charge in [-0.15, -0.1) is 0 Å². The van der Waals surface area contributed by atoms with Crippen LogP contribution in [-0.4, -0.2) is 77.9 Å². The number of ether oxygens (including phenoxy) is 1. The first kappa shape index (κ1) is 24.2. The minimum atomic E-state index is -0.803. The highest BCUT2D eigenvalue weighted by Gasteiger charge is 2.33. The Labute approximate surface area is 201 Å². The van der Waals surface area contributed by atoms with Gasteiger partial charge in [-0.3, -0.25) is 4.79 Å². The fourth-order valence-corrected chi connectivity index (χ4v) is 4.64. The van der Waals surface area contributed by atoms with E-state index in [4.69, 9.17) is 4.74 Å². The zero-order valence-corrected chi connectivity index (χ0v) is 20.0. The number of amides is 1. The van der Waals surface area contributed by atoms with Crippen LogP contribution in [0.5, 0.6) is 5.75 Å². The van der Waals surface area contributed by atoms with E-state index >= 15 is 0 Å². The molecule has 2 fully saturated rings. The summed E-state index contributed by atoms with van der Waals surface area (Å²) in [6.45, 7) is 4.86. The van der Waals surface area contributed by atoms with Gasteiger partial charge in [0.15, 0.2) is 0 Å². The van der Waals surface area contributed by atoms with Gasteiger partial charge in [-0.1, -0.05) is 12.1 Å². The normalized spacial score (nSPS) is 20.6. The quantitative estimate of drug-likeness (QED) is 0.431. The van der Waals surface area contributed by atoms with Gasteiger partial charge in [0.25, 0.3) is 0 Å². The van der Waals surface area contributed by atoms with Crippen molar-refractivity contribution in [3.8, 4) is 5.75 Å². The predicted molar refractivity (Wildman–Crippen MR) is 132 cm³/mol. The number of carbonyl (C=O) groups is 1. The zero-order valence-electron chi connectivity index (χ0n) is 20.0. The summed E-state index contributed by atoms with van der Waals surface area (Å²) in [5.74, 6) is 2.70. The van der Waals surface area contributed by atoms with E-state index in [-0.39, 0.29) is 5.91 Å². The van der Waals surface area contributed by atoms with Crippen LogP contribution in [0.25, 0.3) is 0 Å². The Morgan fingerprint density at radius 1 is 1.18 bits per heavy atom. The summed E-state index contributed by atoms with van der Waals surface area (Å²) in [5, 5.41) is 17.6. The average molecular weight is 469 g/mol. The monoisotopic (exact) mass is 468 g/mol. The number of aliphatic hydroxyl groups is 1. The fourth-order valence-electron chi connectivity index (χ4n) is 4.64. The third kappa shape index (κ3) is 6.57. The molecule has 9 nitrogen and oxygen atoms in total. The van der Waals surface area contributed by atoms with Crippen molar-refractivity contribution in [1.29, 1.82) is 0 Å². The van der Waals surface area contributed by atoms with Crippen molar-refractivity contribution in [3.05, 3.63) is 42.2 Å². The molecule has 0 spiro atoms. The predicted octanol–water partition coefficient (Wildman–Crippen LogP) is 2.03. The summed E-state index contributed by atoms with van der Waals surface area (Å²) in [4.78, 5) is 24.2. The summed E-state index contributed by atoms with van der Waals surface area (Å²) in [5.41, 5.74) is 0.337. The van der Waals surface area contributed by atoms with Crippen molar-refractivity contribution < 1.29 is 14.6 Å². The molecule has 1 amide bonds. The molecule has 3 N–H and O–H groups in total. The molecule has 2 aromatic rings. The number of rotatable bonds is 11. The Morgan fingerprint density at radius 3 is 2.79 bits per heavy atom. The molecule has 4 rings (SSSR count). The van der Waals surface area contributed by atoms with E-state index in [1.54, 1.807) is 6.33 Å². The lowest BCUT2D eigenvalue weighted by molar-refractivity contribution is -0.127. The molecule has 2 aliphatic rings. The molecular formula is C25H36N6O3. The Kier molecular flexibility index (Phi) is 8.18.